The number of allylic oxidation sites excluding steroid dienone is 5. The lowest BCUT2D eigenvalue weighted by Gasteiger charge is -2.20. The van der Waals surface area contributed by atoms with Gasteiger partial charge in [0.1, 0.15) is 0 Å². The van der Waals surface area contributed by atoms with Crippen LogP contribution in [0.2, 0.25) is 0 Å². The highest BCUT2D eigenvalue weighted by atomic mass is 16.5. The Bertz CT molecular complexity index is 1430. The lowest BCUT2D eigenvalue weighted by Crippen LogP contribution is -2.45. The lowest BCUT2D eigenvalue weighted by atomic mass is 10.0. The summed E-state index contributed by atoms with van der Waals surface area (Å²) in [6.45, 7) is 4.95. The molecule has 0 bridgehead atoms. The summed E-state index contributed by atoms with van der Waals surface area (Å²) in [6, 6.07) is -0.627. The molecule has 2 atom stereocenters. The second-order valence-electron chi connectivity index (χ2n) is 27.8. The van der Waals surface area contributed by atoms with Crippen molar-refractivity contribution in [3.05, 3.63) is 36.5 Å². The number of carbonyl (C=O) groups excluding carboxylic acids is 2. The Morgan fingerprint density at radius 3 is 0.864 bits per heavy atom. The molecule has 1 amide bonds. The molecule has 3 N–H and O–H groups in total. The summed E-state index contributed by atoms with van der Waals surface area (Å²) in [5.41, 5.74) is 0. The van der Waals surface area contributed by atoms with Crippen molar-refractivity contribution in [3.63, 3.8) is 0 Å². The van der Waals surface area contributed by atoms with Crippen molar-refractivity contribution >= 4 is 11.9 Å². The van der Waals surface area contributed by atoms with Crippen molar-refractivity contribution in [1.82, 2.24) is 5.32 Å². The summed E-state index contributed by atoms with van der Waals surface area (Å²) >= 11 is 0. The van der Waals surface area contributed by atoms with E-state index in [9.17, 15) is 19.8 Å². The number of nitrogens with one attached hydrogen (secondary N) is 1. The normalized spacial score (nSPS) is 12.6. The molecule has 0 fully saturated rings. The monoisotopic (exact) mass is 1240 g/mol. The Kier molecular flexibility index (Phi) is 75.8. The summed E-state index contributed by atoms with van der Waals surface area (Å²) in [7, 11) is 0. The van der Waals surface area contributed by atoms with E-state index in [0.29, 0.717) is 19.4 Å². The van der Waals surface area contributed by atoms with Crippen molar-refractivity contribution in [2.75, 3.05) is 13.2 Å². The smallest absolute Gasteiger partial charge is 0.305 e. The van der Waals surface area contributed by atoms with Gasteiger partial charge in [-0.15, -0.1) is 0 Å². The molecule has 0 aromatic rings. The van der Waals surface area contributed by atoms with E-state index in [2.05, 4.69) is 43.5 Å². The van der Waals surface area contributed by atoms with Crippen LogP contribution in [0.1, 0.15) is 450 Å². The van der Waals surface area contributed by atoms with E-state index in [-0.39, 0.29) is 18.5 Å². The van der Waals surface area contributed by atoms with Crippen LogP contribution in [0.4, 0.5) is 0 Å². The second kappa shape index (κ2) is 77.5. The molecule has 88 heavy (non-hydrogen) atoms. The van der Waals surface area contributed by atoms with Crippen LogP contribution in [-0.4, -0.2) is 47.4 Å². The standard InChI is InChI=1S/C82H157NO5/c1-3-5-7-9-11-13-15-16-17-18-19-20-36-39-42-45-48-51-55-58-62-66-70-74-80(85)79(78-84)83-81(86)75-71-67-63-59-56-52-49-46-43-40-37-34-32-30-28-26-24-22-21-23-25-27-29-31-33-35-38-41-44-47-50-53-57-61-65-69-73-77-88-82(87)76-72-68-64-60-54-14-12-10-8-6-4-2/h21,23,27,29,70,74,79-80,84-85H,3-20,22,24-26,28,30-69,71-73,75-78H2,1-2H3,(H,83,86)/b23-21-,29-27-,74-70+. The van der Waals surface area contributed by atoms with E-state index in [1.807, 2.05) is 6.08 Å². The van der Waals surface area contributed by atoms with Gasteiger partial charge in [-0.2, -0.15) is 0 Å². The first-order valence-electron chi connectivity index (χ1n) is 40.3. The van der Waals surface area contributed by atoms with E-state index in [1.54, 1.807) is 6.08 Å². The fourth-order valence-electron chi connectivity index (χ4n) is 12.8. The molecule has 0 aromatic carbocycles. The van der Waals surface area contributed by atoms with Gasteiger partial charge in [-0.1, -0.05) is 410 Å². The van der Waals surface area contributed by atoms with Crippen LogP contribution < -0.4 is 5.32 Å². The van der Waals surface area contributed by atoms with Gasteiger partial charge in [0.05, 0.1) is 25.4 Å². The maximum absolute atomic E-state index is 12.6. The third kappa shape index (κ3) is 73.1. The summed E-state index contributed by atoms with van der Waals surface area (Å²) in [5, 5.41) is 23.3. The SMILES string of the molecule is CCCCCCCCCCCCCCCCCCCCCCC/C=C/C(O)C(CO)NC(=O)CCCCCCCCCCCCCCCCCCC/C=C\C/C=C\CCCCCCCCCCCCCCCOC(=O)CCCCCCCCCCCCC. The van der Waals surface area contributed by atoms with E-state index in [0.717, 1.165) is 44.9 Å². The predicted molar refractivity (Wildman–Crippen MR) is 389 cm³/mol. The number of hydrogen-bond donors (Lipinski definition) is 3. The zero-order chi connectivity index (χ0) is 63.5. The highest BCUT2D eigenvalue weighted by Crippen LogP contribution is 2.20. The maximum atomic E-state index is 12.6. The summed E-state index contributed by atoms with van der Waals surface area (Å²) in [5.74, 6) is -0.0414. The van der Waals surface area contributed by atoms with Gasteiger partial charge in [0.25, 0.3) is 0 Å². The van der Waals surface area contributed by atoms with E-state index >= 15 is 0 Å². The molecular weight excluding hydrogens is 1080 g/mol. The van der Waals surface area contributed by atoms with Gasteiger partial charge in [-0.25, -0.2) is 0 Å². The minimum atomic E-state index is -0.844. The van der Waals surface area contributed by atoms with E-state index in [1.165, 1.54) is 379 Å². The second-order valence-corrected chi connectivity index (χ2v) is 27.8. The highest BCUT2D eigenvalue weighted by Gasteiger charge is 2.18. The van der Waals surface area contributed by atoms with Gasteiger partial charge in [0, 0.05) is 12.8 Å². The summed E-state index contributed by atoms with van der Waals surface area (Å²) < 4.78 is 5.48. The highest BCUT2D eigenvalue weighted by molar-refractivity contribution is 5.76. The molecule has 0 saturated heterocycles. The van der Waals surface area contributed by atoms with Crippen LogP contribution in [0, 0.1) is 0 Å². The number of rotatable bonds is 76. The van der Waals surface area contributed by atoms with Gasteiger partial charge in [-0.05, 0) is 64.2 Å². The number of esters is 1. The topological polar surface area (TPSA) is 95.9 Å². The molecule has 0 saturated carbocycles. The molecule has 0 heterocycles. The third-order valence-electron chi connectivity index (χ3n) is 18.9. The molecule has 0 aliphatic heterocycles. The fraction of sp³-hybridized carbons (Fsp3) is 0.902. The molecule has 0 aliphatic rings. The minimum absolute atomic E-state index is 0.0189. The Labute approximate surface area is 551 Å². The number of ether oxygens (including phenoxy) is 1. The van der Waals surface area contributed by atoms with Crippen molar-refractivity contribution in [3.8, 4) is 0 Å². The summed E-state index contributed by atoms with van der Waals surface area (Å²) in [6.07, 6.45) is 101. The Morgan fingerprint density at radius 2 is 0.568 bits per heavy atom. The lowest BCUT2D eigenvalue weighted by molar-refractivity contribution is -0.143. The molecule has 0 rings (SSSR count). The zero-order valence-electron chi connectivity index (χ0n) is 59.7. The quantitative estimate of drug-likeness (QED) is 0.0320. The molecule has 0 aromatic heterocycles. The number of unbranched alkanes of at least 4 members (excludes halogenated alkanes) is 61. The number of hydrogen-bond acceptors (Lipinski definition) is 5. The molecular formula is C82H157NO5. The molecule has 6 nitrogen and oxygen atoms in total. The van der Waals surface area contributed by atoms with Crippen molar-refractivity contribution in [2.24, 2.45) is 0 Å². The van der Waals surface area contributed by atoms with Gasteiger partial charge in [0.15, 0.2) is 0 Å². The van der Waals surface area contributed by atoms with E-state index in [4.69, 9.17) is 4.74 Å². The molecule has 520 valence electrons. The van der Waals surface area contributed by atoms with Crippen molar-refractivity contribution in [2.45, 2.75) is 463 Å². The fourth-order valence-corrected chi connectivity index (χ4v) is 12.8. The Morgan fingerprint density at radius 1 is 0.318 bits per heavy atom. The number of aliphatic hydroxyl groups is 2. The van der Waals surface area contributed by atoms with Crippen LogP contribution in [0.5, 0.6) is 0 Å². The predicted octanol–water partition coefficient (Wildman–Crippen LogP) is 26.6. The average molecular weight is 1240 g/mol. The van der Waals surface area contributed by atoms with Crippen LogP contribution in [-0.2, 0) is 14.3 Å². The molecule has 2 unspecified atom stereocenters. The molecule has 0 aliphatic carbocycles. The Hall–Kier alpha value is -1.92. The minimum Gasteiger partial charge on any atom is -0.466 e. The first-order valence-corrected chi connectivity index (χ1v) is 40.3. The summed E-state index contributed by atoms with van der Waals surface area (Å²) in [4.78, 5) is 24.6. The largest absolute Gasteiger partial charge is 0.466 e. The molecule has 0 spiro atoms. The molecule has 0 radical (unpaired) electrons. The molecule has 6 heteroatoms. The Balaban J connectivity index is 3.39. The third-order valence-corrected chi connectivity index (χ3v) is 18.9. The van der Waals surface area contributed by atoms with E-state index < -0.39 is 12.1 Å². The van der Waals surface area contributed by atoms with Crippen molar-refractivity contribution in [1.29, 1.82) is 0 Å². The van der Waals surface area contributed by atoms with Gasteiger partial charge < -0.3 is 20.3 Å². The van der Waals surface area contributed by atoms with Crippen LogP contribution in [0.15, 0.2) is 36.5 Å². The van der Waals surface area contributed by atoms with Gasteiger partial charge in [-0.3, -0.25) is 9.59 Å². The van der Waals surface area contributed by atoms with Crippen LogP contribution >= 0.6 is 0 Å². The number of amides is 1. The van der Waals surface area contributed by atoms with Gasteiger partial charge >= 0.3 is 5.97 Å². The first kappa shape index (κ1) is 86.1. The first-order chi connectivity index (χ1) is 43.5. The van der Waals surface area contributed by atoms with Crippen molar-refractivity contribution < 1.29 is 24.5 Å². The van der Waals surface area contributed by atoms with Gasteiger partial charge in [0.2, 0.25) is 5.91 Å². The average Bonchev–Trinajstić information content (AvgIpc) is 3.55. The maximum Gasteiger partial charge on any atom is 0.305 e. The number of aliphatic hydroxyl groups excluding tert-OH is 2. The number of carbonyl (C=O) groups is 2. The van der Waals surface area contributed by atoms with Crippen LogP contribution in [0.25, 0.3) is 0 Å². The van der Waals surface area contributed by atoms with Crippen LogP contribution in [0.3, 0.4) is 0 Å². The zero-order valence-corrected chi connectivity index (χ0v) is 59.7.